The Labute approximate surface area is 196 Å². The first-order chi connectivity index (χ1) is 14.7. The van der Waals surface area contributed by atoms with Crippen molar-refractivity contribution in [2.75, 3.05) is 11.9 Å². The lowest BCUT2D eigenvalue weighted by Crippen LogP contribution is -2.37. The molecule has 0 aliphatic rings. The Bertz CT molecular complexity index is 1160. The number of carbonyl (C=O) groups excluding carboxylic acids is 1. The van der Waals surface area contributed by atoms with E-state index >= 15 is 0 Å². The molecule has 0 saturated carbocycles. The van der Waals surface area contributed by atoms with E-state index in [4.69, 9.17) is 11.6 Å². The lowest BCUT2D eigenvalue weighted by Gasteiger charge is -2.22. The van der Waals surface area contributed by atoms with Gasteiger partial charge >= 0.3 is 0 Å². The van der Waals surface area contributed by atoms with Gasteiger partial charge in [0.2, 0.25) is 15.9 Å². The van der Waals surface area contributed by atoms with Crippen LogP contribution in [0, 0.1) is 13.8 Å². The number of amides is 1. The van der Waals surface area contributed by atoms with Gasteiger partial charge in [-0.3, -0.25) is 4.79 Å². The molecular formula is C23H22BrClN2O3S. The van der Waals surface area contributed by atoms with E-state index in [0.717, 1.165) is 21.2 Å². The van der Waals surface area contributed by atoms with Gasteiger partial charge in [-0.1, -0.05) is 57.9 Å². The molecule has 162 valence electrons. The number of benzene rings is 3. The van der Waals surface area contributed by atoms with Gasteiger partial charge in [0.25, 0.3) is 0 Å². The summed E-state index contributed by atoms with van der Waals surface area (Å²) >= 11 is 9.29. The number of hydrogen-bond acceptors (Lipinski definition) is 3. The Morgan fingerprint density at radius 2 is 1.55 bits per heavy atom. The fourth-order valence-electron chi connectivity index (χ4n) is 3.13. The predicted molar refractivity (Wildman–Crippen MR) is 128 cm³/mol. The van der Waals surface area contributed by atoms with Crippen LogP contribution in [0.3, 0.4) is 0 Å². The normalized spacial score (nSPS) is 11.5. The summed E-state index contributed by atoms with van der Waals surface area (Å²) in [5.74, 6) is -0.410. The van der Waals surface area contributed by atoms with Crippen molar-refractivity contribution < 1.29 is 13.2 Å². The minimum Gasteiger partial charge on any atom is -0.324 e. The molecule has 0 saturated heterocycles. The van der Waals surface area contributed by atoms with Gasteiger partial charge in [-0.25, -0.2) is 8.42 Å². The number of halogens is 2. The molecule has 0 aliphatic heterocycles. The third-order valence-electron chi connectivity index (χ3n) is 4.79. The molecule has 0 heterocycles. The number of nitrogens with zero attached hydrogens (tertiary/aromatic N) is 1. The second-order valence-corrected chi connectivity index (χ2v) is 10.5. The summed E-state index contributed by atoms with van der Waals surface area (Å²) in [6, 6.07) is 18.9. The molecule has 3 aromatic carbocycles. The number of rotatable bonds is 7. The van der Waals surface area contributed by atoms with Crippen molar-refractivity contribution in [2.24, 2.45) is 0 Å². The van der Waals surface area contributed by atoms with Gasteiger partial charge in [0.1, 0.15) is 0 Å². The number of aryl methyl sites for hydroxylation is 2. The molecule has 0 spiro atoms. The molecule has 3 rings (SSSR count). The van der Waals surface area contributed by atoms with Crippen LogP contribution < -0.4 is 5.32 Å². The third-order valence-corrected chi connectivity index (χ3v) is 7.38. The van der Waals surface area contributed by atoms with Gasteiger partial charge in [-0.05, 0) is 66.9 Å². The van der Waals surface area contributed by atoms with Gasteiger partial charge in [0, 0.05) is 21.7 Å². The van der Waals surface area contributed by atoms with Crippen LogP contribution in [0.15, 0.2) is 76.1 Å². The highest BCUT2D eigenvalue weighted by Crippen LogP contribution is 2.23. The molecule has 1 amide bonds. The van der Waals surface area contributed by atoms with Crippen LogP contribution in [0.5, 0.6) is 0 Å². The Kier molecular flexibility index (Phi) is 7.54. The second-order valence-electron chi connectivity index (χ2n) is 7.17. The second kappa shape index (κ2) is 9.96. The number of carbonyl (C=O) groups is 1. The largest absolute Gasteiger partial charge is 0.324 e. The first-order valence-corrected chi connectivity index (χ1v) is 12.1. The maximum absolute atomic E-state index is 13.3. The minimum absolute atomic E-state index is 0.0540. The quantitative estimate of drug-likeness (QED) is 0.443. The zero-order valence-corrected chi connectivity index (χ0v) is 20.3. The third kappa shape index (κ3) is 5.95. The predicted octanol–water partition coefficient (Wildman–Crippen LogP) is 5.55. The standard InChI is InChI=1S/C23H22BrClN2O3S/c1-16-4-3-5-17(2)23(16)26-22(28)15-27(14-18-6-8-19(24)9-7-18)31(29,30)21-12-10-20(25)11-13-21/h3-13H,14-15H2,1-2H3,(H,26,28). The summed E-state index contributed by atoms with van der Waals surface area (Å²) in [7, 11) is -3.93. The van der Waals surface area contributed by atoms with Gasteiger partial charge in [-0.2, -0.15) is 4.31 Å². The molecule has 0 atom stereocenters. The average molecular weight is 522 g/mol. The highest BCUT2D eigenvalue weighted by Gasteiger charge is 2.27. The molecule has 0 fully saturated rings. The molecular weight excluding hydrogens is 500 g/mol. The highest BCUT2D eigenvalue weighted by molar-refractivity contribution is 9.10. The summed E-state index contributed by atoms with van der Waals surface area (Å²) in [4.78, 5) is 12.9. The van der Waals surface area contributed by atoms with Crippen LogP contribution in [0.4, 0.5) is 5.69 Å². The smallest absolute Gasteiger partial charge is 0.243 e. The van der Waals surface area contributed by atoms with Crippen molar-refractivity contribution in [3.8, 4) is 0 Å². The van der Waals surface area contributed by atoms with E-state index in [2.05, 4.69) is 21.2 Å². The van der Waals surface area contributed by atoms with Crippen LogP contribution in [0.2, 0.25) is 5.02 Å². The fraction of sp³-hybridized carbons (Fsp3) is 0.174. The highest BCUT2D eigenvalue weighted by atomic mass is 79.9. The number of para-hydroxylation sites is 1. The number of sulfonamides is 1. The maximum Gasteiger partial charge on any atom is 0.243 e. The van der Waals surface area contributed by atoms with Crippen molar-refractivity contribution >= 4 is 49.1 Å². The topological polar surface area (TPSA) is 66.5 Å². The number of hydrogen-bond donors (Lipinski definition) is 1. The number of anilines is 1. The minimum atomic E-state index is -3.93. The summed E-state index contributed by atoms with van der Waals surface area (Å²) in [5.41, 5.74) is 3.28. The van der Waals surface area contributed by atoms with Gasteiger partial charge < -0.3 is 5.32 Å². The van der Waals surface area contributed by atoms with Gasteiger partial charge in [-0.15, -0.1) is 0 Å². The molecule has 3 aromatic rings. The van der Waals surface area contributed by atoms with E-state index in [1.807, 2.05) is 56.3 Å². The summed E-state index contributed by atoms with van der Waals surface area (Å²) in [6.07, 6.45) is 0. The molecule has 0 aromatic heterocycles. The van der Waals surface area contributed by atoms with Crippen LogP contribution in [0.25, 0.3) is 0 Å². The van der Waals surface area contributed by atoms with Crippen LogP contribution >= 0.6 is 27.5 Å². The molecule has 0 aliphatic carbocycles. The Hall–Kier alpha value is -2.19. The van der Waals surface area contributed by atoms with E-state index in [1.54, 1.807) is 0 Å². The van der Waals surface area contributed by atoms with Crippen LogP contribution in [-0.4, -0.2) is 25.2 Å². The van der Waals surface area contributed by atoms with E-state index < -0.39 is 15.9 Å². The Balaban J connectivity index is 1.90. The van der Waals surface area contributed by atoms with E-state index in [1.165, 1.54) is 28.6 Å². The van der Waals surface area contributed by atoms with Crippen LogP contribution in [0.1, 0.15) is 16.7 Å². The summed E-state index contributed by atoms with van der Waals surface area (Å²) < 4.78 is 28.7. The van der Waals surface area contributed by atoms with Crippen molar-refractivity contribution in [1.29, 1.82) is 0 Å². The zero-order valence-electron chi connectivity index (χ0n) is 17.1. The first kappa shape index (κ1) is 23.5. The molecule has 31 heavy (non-hydrogen) atoms. The maximum atomic E-state index is 13.3. The summed E-state index contributed by atoms with van der Waals surface area (Å²) in [5, 5.41) is 3.30. The van der Waals surface area contributed by atoms with Crippen molar-refractivity contribution in [2.45, 2.75) is 25.3 Å². The molecule has 5 nitrogen and oxygen atoms in total. The molecule has 0 unspecified atom stereocenters. The lowest BCUT2D eigenvalue weighted by atomic mass is 10.1. The van der Waals surface area contributed by atoms with Crippen LogP contribution in [-0.2, 0) is 21.4 Å². The fourth-order valence-corrected chi connectivity index (χ4v) is 4.90. The van der Waals surface area contributed by atoms with Crippen molar-refractivity contribution in [1.82, 2.24) is 4.31 Å². The summed E-state index contributed by atoms with van der Waals surface area (Å²) in [6.45, 7) is 3.52. The monoisotopic (exact) mass is 520 g/mol. The Morgan fingerprint density at radius 1 is 0.968 bits per heavy atom. The van der Waals surface area contributed by atoms with Crippen molar-refractivity contribution in [3.05, 3.63) is 92.9 Å². The van der Waals surface area contributed by atoms with Gasteiger partial charge in [0.15, 0.2) is 0 Å². The Morgan fingerprint density at radius 3 is 2.13 bits per heavy atom. The molecule has 0 radical (unpaired) electrons. The molecule has 1 N–H and O–H groups in total. The zero-order chi connectivity index (χ0) is 22.6. The first-order valence-electron chi connectivity index (χ1n) is 9.53. The van der Waals surface area contributed by atoms with E-state index in [0.29, 0.717) is 10.7 Å². The molecule has 0 bridgehead atoms. The van der Waals surface area contributed by atoms with Gasteiger partial charge in [0.05, 0.1) is 11.4 Å². The number of nitrogens with one attached hydrogen (secondary N) is 1. The average Bonchev–Trinajstić information content (AvgIpc) is 2.72. The SMILES string of the molecule is Cc1cccc(C)c1NC(=O)CN(Cc1ccc(Br)cc1)S(=O)(=O)c1ccc(Cl)cc1. The van der Waals surface area contributed by atoms with E-state index in [-0.39, 0.29) is 18.0 Å². The van der Waals surface area contributed by atoms with E-state index in [9.17, 15) is 13.2 Å². The lowest BCUT2D eigenvalue weighted by molar-refractivity contribution is -0.116. The molecule has 8 heteroatoms. The van der Waals surface area contributed by atoms with Crippen molar-refractivity contribution in [3.63, 3.8) is 0 Å².